The number of carbonyl (C=O) groups excluding carboxylic acids is 2. The molecule has 15 heavy (non-hydrogen) atoms. The van der Waals surface area contributed by atoms with Crippen molar-refractivity contribution < 1.29 is 9.59 Å². The summed E-state index contributed by atoms with van der Waals surface area (Å²) in [5, 5.41) is 7.28. The summed E-state index contributed by atoms with van der Waals surface area (Å²) in [5.74, 6) is -0.0923. The van der Waals surface area contributed by atoms with Crippen LogP contribution in [-0.2, 0) is 16.0 Å². The maximum absolute atomic E-state index is 11.3. The molecule has 1 aromatic heterocycles. The first kappa shape index (κ1) is 11.7. The van der Waals surface area contributed by atoms with Gasteiger partial charge in [0, 0.05) is 24.9 Å². The fraction of sp³-hybridized carbons (Fsp3) is 0.400. The second kappa shape index (κ2) is 6.19. The predicted molar refractivity (Wildman–Crippen MR) is 59.7 cm³/mol. The Morgan fingerprint density at radius 3 is 2.67 bits per heavy atom. The SMILES string of the molecule is CC(=O)NCCNC(=O)Cc1cccs1. The molecule has 0 fully saturated rings. The molecule has 4 nitrogen and oxygen atoms in total. The molecule has 0 radical (unpaired) electrons. The first-order chi connectivity index (χ1) is 7.18. The van der Waals surface area contributed by atoms with E-state index in [0.717, 1.165) is 4.88 Å². The molecule has 0 unspecified atom stereocenters. The Kier molecular flexibility index (Phi) is 4.83. The van der Waals surface area contributed by atoms with Crippen molar-refractivity contribution in [1.29, 1.82) is 0 Å². The fourth-order valence-corrected chi connectivity index (χ4v) is 1.78. The first-order valence-electron chi connectivity index (χ1n) is 4.72. The standard InChI is InChI=1S/C10H14N2O2S/c1-8(13)11-4-5-12-10(14)7-9-3-2-6-15-9/h2-3,6H,4-5,7H2,1H3,(H,11,13)(H,12,14). The molecule has 5 heteroatoms. The van der Waals surface area contributed by atoms with E-state index in [1.165, 1.54) is 6.92 Å². The summed E-state index contributed by atoms with van der Waals surface area (Å²) in [6.07, 6.45) is 0.414. The summed E-state index contributed by atoms with van der Waals surface area (Å²) in [6.45, 7) is 2.41. The highest BCUT2D eigenvalue weighted by Gasteiger charge is 2.02. The van der Waals surface area contributed by atoms with Crippen LogP contribution in [0.4, 0.5) is 0 Å². The highest BCUT2D eigenvalue weighted by atomic mass is 32.1. The molecule has 1 heterocycles. The zero-order valence-corrected chi connectivity index (χ0v) is 9.39. The van der Waals surface area contributed by atoms with Crippen LogP contribution in [-0.4, -0.2) is 24.9 Å². The van der Waals surface area contributed by atoms with Crippen LogP contribution in [0.25, 0.3) is 0 Å². The number of hydrogen-bond acceptors (Lipinski definition) is 3. The fourth-order valence-electron chi connectivity index (χ4n) is 1.07. The van der Waals surface area contributed by atoms with Crippen molar-refractivity contribution in [2.45, 2.75) is 13.3 Å². The Morgan fingerprint density at radius 2 is 2.07 bits per heavy atom. The van der Waals surface area contributed by atoms with E-state index in [-0.39, 0.29) is 11.8 Å². The molecule has 0 saturated heterocycles. The summed E-state index contributed by atoms with van der Waals surface area (Å²) in [6, 6.07) is 3.85. The third-order valence-electron chi connectivity index (χ3n) is 1.74. The third kappa shape index (κ3) is 5.17. The predicted octanol–water partition coefficient (Wildman–Crippen LogP) is 0.543. The van der Waals surface area contributed by atoms with Crippen LogP contribution in [0.15, 0.2) is 17.5 Å². The summed E-state index contributed by atoms with van der Waals surface area (Å²) < 4.78 is 0. The molecule has 82 valence electrons. The third-order valence-corrected chi connectivity index (χ3v) is 2.61. The Hall–Kier alpha value is -1.36. The molecule has 0 aliphatic carbocycles. The van der Waals surface area contributed by atoms with Crippen LogP contribution < -0.4 is 10.6 Å². The van der Waals surface area contributed by atoms with Crippen molar-refractivity contribution in [1.82, 2.24) is 10.6 Å². The molecule has 0 spiro atoms. The molecule has 0 aliphatic rings. The normalized spacial score (nSPS) is 9.67. The molecule has 0 saturated carbocycles. The van der Waals surface area contributed by atoms with E-state index in [2.05, 4.69) is 10.6 Å². The average Bonchev–Trinajstić information content (AvgIpc) is 2.64. The Labute approximate surface area is 92.7 Å². The lowest BCUT2D eigenvalue weighted by Crippen LogP contribution is -2.34. The van der Waals surface area contributed by atoms with E-state index in [1.807, 2.05) is 17.5 Å². The second-order valence-electron chi connectivity index (χ2n) is 3.09. The van der Waals surface area contributed by atoms with Crippen LogP contribution in [0.3, 0.4) is 0 Å². The number of amides is 2. The van der Waals surface area contributed by atoms with Crippen LogP contribution in [0.2, 0.25) is 0 Å². The molecular weight excluding hydrogens is 212 g/mol. The van der Waals surface area contributed by atoms with E-state index >= 15 is 0 Å². The largest absolute Gasteiger partial charge is 0.355 e. The molecule has 2 N–H and O–H groups in total. The summed E-state index contributed by atoms with van der Waals surface area (Å²) in [5.41, 5.74) is 0. The quantitative estimate of drug-likeness (QED) is 0.720. The van der Waals surface area contributed by atoms with Gasteiger partial charge in [-0.3, -0.25) is 9.59 Å². The molecule has 2 amide bonds. The zero-order chi connectivity index (χ0) is 11.1. The Morgan fingerprint density at radius 1 is 1.33 bits per heavy atom. The number of hydrogen-bond donors (Lipinski definition) is 2. The van der Waals surface area contributed by atoms with Gasteiger partial charge in [0.1, 0.15) is 0 Å². The van der Waals surface area contributed by atoms with Crippen molar-refractivity contribution in [3.63, 3.8) is 0 Å². The minimum absolute atomic E-state index is 0.0113. The van der Waals surface area contributed by atoms with Gasteiger partial charge < -0.3 is 10.6 Å². The van der Waals surface area contributed by atoms with Crippen LogP contribution in [0.5, 0.6) is 0 Å². The van der Waals surface area contributed by atoms with E-state index < -0.39 is 0 Å². The first-order valence-corrected chi connectivity index (χ1v) is 5.60. The lowest BCUT2D eigenvalue weighted by molar-refractivity contribution is -0.121. The zero-order valence-electron chi connectivity index (χ0n) is 8.58. The van der Waals surface area contributed by atoms with Crippen molar-refractivity contribution in [2.24, 2.45) is 0 Å². The highest BCUT2D eigenvalue weighted by molar-refractivity contribution is 7.10. The smallest absolute Gasteiger partial charge is 0.225 e. The summed E-state index contributed by atoms with van der Waals surface area (Å²) >= 11 is 1.56. The topological polar surface area (TPSA) is 58.2 Å². The minimum Gasteiger partial charge on any atom is -0.355 e. The van der Waals surface area contributed by atoms with Gasteiger partial charge in [0.25, 0.3) is 0 Å². The van der Waals surface area contributed by atoms with Gasteiger partial charge in [-0.05, 0) is 11.4 Å². The molecule has 0 aromatic carbocycles. The molecule has 0 atom stereocenters. The number of carbonyl (C=O) groups is 2. The van der Waals surface area contributed by atoms with E-state index in [4.69, 9.17) is 0 Å². The maximum atomic E-state index is 11.3. The van der Waals surface area contributed by atoms with Gasteiger partial charge in [-0.2, -0.15) is 0 Å². The van der Waals surface area contributed by atoms with Gasteiger partial charge in [-0.15, -0.1) is 11.3 Å². The molecular formula is C10H14N2O2S. The summed E-state index contributed by atoms with van der Waals surface area (Å²) in [7, 11) is 0. The van der Waals surface area contributed by atoms with Crippen LogP contribution in [0.1, 0.15) is 11.8 Å². The van der Waals surface area contributed by atoms with Gasteiger partial charge in [0.15, 0.2) is 0 Å². The van der Waals surface area contributed by atoms with Crippen molar-refractivity contribution in [2.75, 3.05) is 13.1 Å². The van der Waals surface area contributed by atoms with E-state index in [0.29, 0.717) is 19.5 Å². The van der Waals surface area contributed by atoms with Crippen molar-refractivity contribution in [3.05, 3.63) is 22.4 Å². The van der Waals surface area contributed by atoms with Crippen LogP contribution >= 0.6 is 11.3 Å². The molecule has 0 aliphatic heterocycles. The number of nitrogens with one attached hydrogen (secondary N) is 2. The summed E-state index contributed by atoms with van der Waals surface area (Å²) in [4.78, 5) is 22.9. The number of thiophene rings is 1. The molecule has 0 bridgehead atoms. The number of rotatable bonds is 5. The monoisotopic (exact) mass is 226 g/mol. The van der Waals surface area contributed by atoms with Gasteiger partial charge >= 0.3 is 0 Å². The van der Waals surface area contributed by atoms with Gasteiger partial charge in [-0.1, -0.05) is 6.07 Å². The molecule has 1 aromatic rings. The highest BCUT2D eigenvalue weighted by Crippen LogP contribution is 2.08. The lowest BCUT2D eigenvalue weighted by Gasteiger charge is -2.04. The second-order valence-corrected chi connectivity index (χ2v) is 4.12. The molecule has 1 rings (SSSR count). The van der Waals surface area contributed by atoms with Crippen LogP contribution in [0, 0.1) is 0 Å². The van der Waals surface area contributed by atoms with Gasteiger partial charge in [0.05, 0.1) is 6.42 Å². The minimum atomic E-state index is -0.0810. The average molecular weight is 226 g/mol. The van der Waals surface area contributed by atoms with Gasteiger partial charge in [-0.25, -0.2) is 0 Å². The van der Waals surface area contributed by atoms with E-state index in [1.54, 1.807) is 11.3 Å². The van der Waals surface area contributed by atoms with E-state index in [9.17, 15) is 9.59 Å². The Balaban J connectivity index is 2.11. The van der Waals surface area contributed by atoms with Crippen molar-refractivity contribution >= 4 is 23.2 Å². The Bertz CT molecular complexity index is 322. The maximum Gasteiger partial charge on any atom is 0.225 e. The lowest BCUT2D eigenvalue weighted by atomic mass is 10.3. The van der Waals surface area contributed by atoms with Crippen molar-refractivity contribution in [3.8, 4) is 0 Å². The van der Waals surface area contributed by atoms with Gasteiger partial charge in [0.2, 0.25) is 11.8 Å².